The van der Waals surface area contributed by atoms with Crippen LogP contribution in [0.5, 0.6) is 0 Å². The monoisotopic (exact) mass is 325 g/mol. The fourth-order valence-electron chi connectivity index (χ4n) is 2.02. The molecule has 1 aromatic carbocycles. The van der Waals surface area contributed by atoms with E-state index in [0.717, 1.165) is 34.4 Å². The minimum Gasteiger partial charge on any atom is -0.464 e. The number of hydrogen-bond acceptors (Lipinski definition) is 2. The molecule has 1 unspecified atom stereocenters. The first-order chi connectivity index (χ1) is 9.13. The summed E-state index contributed by atoms with van der Waals surface area (Å²) in [6, 6.07) is 8.85. The van der Waals surface area contributed by atoms with Crippen molar-refractivity contribution in [1.82, 2.24) is 5.32 Å². The summed E-state index contributed by atoms with van der Waals surface area (Å²) in [6.07, 6.45) is 1.63. The first-order valence-corrected chi connectivity index (χ1v) is 7.13. The summed E-state index contributed by atoms with van der Waals surface area (Å²) in [5, 5.41) is 3.24. The van der Waals surface area contributed by atoms with Gasteiger partial charge in [0.1, 0.15) is 17.3 Å². The zero-order valence-corrected chi connectivity index (χ0v) is 12.6. The number of furan rings is 1. The van der Waals surface area contributed by atoms with Gasteiger partial charge in [-0.25, -0.2) is 4.39 Å². The van der Waals surface area contributed by atoms with Crippen LogP contribution >= 0.6 is 15.9 Å². The van der Waals surface area contributed by atoms with Gasteiger partial charge in [-0.3, -0.25) is 0 Å². The minimum atomic E-state index is -0.233. The maximum Gasteiger partial charge on any atom is 0.124 e. The van der Waals surface area contributed by atoms with Crippen LogP contribution in [0.4, 0.5) is 4.39 Å². The largest absolute Gasteiger partial charge is 0.464 e. The van der Waals surface area contributed by atoms with Crippen LogP contribution in [0.15, 0.2) is 39.2 Å². The van der Waals surface area contributed by atoms with Gasteiger partial charge in [0.15, 0.2) is 0 Å². The fourth-order valence-corrected chi connectivity index (χ4v) is 2.54. The van der Waals surface area contributed by atoms with E-state index in [1.54, 1.807) is 6.07 Å². The molecule has 2 rings (SSSR count). The van der Waals surface area contributed by atoms with Crippen molar-refractivity contribution >= 4 is 15.9 Å². The van der Waals surface area contributed by atoms with Crippen LogP contribution < -0.4 is 5.32 Å². The molecule has 0 spiro atoms. The van der Waals surface area contributed by atoms with Crippen molar-refractivity contribution in [2.45, 2.75) is 25.8 Å². The molecule has 1 atom stereocenters. The Morgan fingerprint density at radius 2 is 2.11 bits per heavy atom. The predicted octanol–water partition coefficient (Wildman–Crippen LogP) is 4.25. The number of nitrogens with one attached hydrogen (secondary N) is 1. The van der Waals surface area contributed by atoms with Crippen LogP contribution in [0.2, 0.25) is 0 Å². The zero-order chi connectivity index (χ0) is 13.8. The van der Waals surface area contributed by atoms with Crippen molar-refractivity contribution in [1.29, 1.82) is 0 Å². The summed E-state index contributed by atoms with van der Waals surface area (Å²) in [4.78, 5) is 0. The molecule has 0 aliphatic carbocycles. The number of benzene rings is 1. The molecule has 1 N–H and O–H groups in total. The molecule has 0 amide bonds. The second-order valence-electron chi connectivity index (χ2n) is 4.44. The van der Waals surface area contributed by atoms with E-state index in [-0.39, 0.29) is 11.9 Å². The Hall–Kier alpha value is -1.13. The molecule has 2 aromatic rings. The summed E-state index contributed by atoms with van der Waals surface area (Å²) < 4.78 is 19.6. The molecule has 0 saturated heterocycles. The van der Waals surface area contributed by atoms with Crippen molar-refractivity contribution < 1.29 is 8.81 Å². The van der Waals surface area contributed by atoms with E-state index in [1.165, 1.54) is 12.1 Å². The van der Waals surface area contributed by atoms with Crippen LogP contribution in [0.1, 0.15) is 30.0 Å². The maximum atomic E-state index is 13.1. The maximum absolute atomic E-state index is 13.1. The topological polar surface area (TPSA) is 25.2 Å². The highest BCUT2D eigenvalue weighted by atomic mass is 79.9. The van der Waals surface area contributed by atoms with Crippen LogP contribution in [0.3, 0.4) is 0 Å². The molecule has 0 radical (unpaired) electrons. The lowest BCUT2D eigenvalue weighted by atomic mass is 10.0. The average molecular weight is 326 g/mol. The Bertz CT molecular complexity index is 553. The first-order valence-electron chi connectivity index (χ1n) is 6.33. The Kier molecular flexibility index (Phi) is 4.77. The zero-order valence-electron chi connectivity index (χ0n) is 11.0. The molecule has 0 aliphatic rings. The van der Waals surface area contributed by atoms with Gasteiger partial charge >= 0.3 is 0 Å². The van der Waals surface area contributed by atoms with E-state index in [2.05, 4.69) is 28.2 Å². The number of halogens is 2. The molecule has 4 heteroatoms. The Morgan fingerprint density at radius 1 is 1.32 bits per heavy atom. The summed E-state index contributed by atoms with van der Waals surface area (Å²) in [5.41, 5.74) is 1.05. The molecule has 0 fully saturated rings. The molecular formula is C15H17BrFNO. The lowest BCUT2D eigenvalue weighted by molar-refractivity contribution is 0.406. The average Bonchev–Trinajstić information content (AvgIpc) is 2.86. The van der Waals surface area contributed by atoms with Crippen LogP contribution in [-0.2, 0) is 12.8 Å². The normalized spacial score (nSPS) is 12.6. The van der Waals surface area contributed by atoms with E-state index < -0.39 is 0 Å². The third-order valence-electron chi connectivity index (χ3n) is 3.16. The van der Waals surface area contributed by atoms with Gasteiger partial charge in [0.05, 0.1) is 6.04 Å². The Balaban J connectivity index is 2.18. The van der Waals surface area contributed by atoms with Crippen molar-refractivity contribution in [2.75, 3.05) is 7.05 Å². The smallest absolute Gasteiger partial charge is 0.124 e. The van der Waals surface area contributed by atoms with Crippen LogP contribution in [0.25, 0.3) is 0 Å². The van der Waals surface area contributed by atoms with Gasteiger partial charge in [0, 0.05) is 10.9 Å². The lowest BCUT2D eigenvalue weighted by Gasteiger charge is -2.15. The molecule has 0 aliphatic heterocycles. The second-order valence-corrected chi connectivity index (χ2v) is 5.29. The van der Waals surface area contributed by atoms with Crippen molar-refractivity contribution in [3.05, 3.63) is 57.7 Å². The van der Waals surface area contributed by atoms with Crippen LogP contribution in [0, 0.1) is 5.82 Å². The summed E-state index contributed by atoms with van der Waals surface area (Å²) >= 11 is 3.40. The number of likely N-dealkylation sites (N-methyl/N-ethyl adjacent to an activating group) is 1. The van der Waals surface area contributed by atoms with Gasteiger partial charge < -0.3 is 9.73 Å². The third-order valence-corrected chi connectivity index (χ3v) is 3.90. The van der Waals surface area contributed by atoms with E-state index in [0.29, 0.717) is 0 Å². The summed E-state index contributed by atoms with van der Waals surface area (Å²) in [5.74, 6) is 1.66. The molecule has 1 aromatic heterocycles. The van der Waals surface area contributed by atoms with E-state index >= 15 is 0 Å². The Morgan fingerprint density at radius 3 is 2.68 bits per heavy atom. The molecular weight excluding hydrogens is 309 g/mol. The van der Waals surface area contributed by atoms with Gasteiger partial charge in [0.25, 0.3) is 0 Å². The molecule has 2 nitrogen and oxygen atoms in total. The minimum absolute atomic E-state index is 0.0852. The number of aryl methyl sites for hydroxylation is 1. The van der Waals surface area contributed by atoms with Gasteiger partial charge in [-0.15, -0.1) is 0 Å². The molecule has 19 heavy (non-hydrogen) atoms. The molecule has 0 saturated carbocycles. The van der Waals surface area contributed by atoms with Crippen LogP contribution in [-0.4, -0.2) is 7.05 Å². The first kappa shape index (κ1) is 14.3. The van der Waals surface area contributed by atoms with Gasteiger partial charge in [0.2, 0.25) is 0 Å². The fraction of sp³-hybridized carbons (Fsp3) is 0.333. The highest BCUT2D eigenvalue weighted by Crippen LogP contribution is 2.25. The van der Waals surface area contributed by atoms with Crippen molar-refractivity contribution in [2.24, 2.45) is 0 Å². The lowest BCUT2D eigenvalue weighted by Crippen LogP contribution is -2.18. The van der Waals surface area contributed by atoms with E-state index in [9.17, 15) is 4.39 Å². The summed E-state index contributed by atoms with van der Waals surface area (Å²) in [7, 11) is 1.90. The van der Waals surface area contributed by atoms with E-state index in [4.69, 9.17) is 4.42 Å². The quantitative estimate of drug-likeness (QED) is 0.889. The molecule has 1 heterocycles. The highest BCUT2D eigenvalue weighted by molar-refractivity contribution is 9.10. The SMILES string of the molecule is CCc1ccc(C(Cc2ccc(F)cc2Br)NC)o1. The number of hydrogen-bond donors (Lipinski definition) is 1. The molecule has 0 bridgehead atoms. The van der Waals surface area contributed by atoms with E-state index in [1.807, 2.05) is 19.2 Å². The van der Waals surface area contributed by atoms with Crippen molar-refractivity contribution in [3.63, 3.8) is 0 Å². The van der Waals surface area contributed by atoms with Gasteiger partial charge in [-0.2, -0.15) is 0 Å². The highest BCUT2D eigenvalue weighted by Gasteiger charge is 2.15. The second kappa shape index (κ2) is 6.35. The third kappa shape index (κ3) is 3.45. The standard InChI is InChI=1S/C15H17BrFNO/c1-3-12-6-7-15(19-12)14(18-2)8-10-4-5-11(17)9-13(10)16/h4-7,9,14,18H,3,8H2,1-2H3. The van der Waals surface area contributed by atoms with Gasteiger partial charge in [-0.05, 0) is 43.3 Å². The van der Waals surface area contributed by atoms with Crippen molar-refractivity contribution in [3.8, 4) is 0 Å². The predicted molar refractivity (Wildman–Crippen MR) is 77.7 cm³/mol. The number of rotatable bonds is 5. The van der Waals surface area contributed by atoms with Gasteiger partial charge in [-0.1, -0.05) is 28.9 Å². The summed E-state index contributed by atoms with van der Waals surface area (Å²) in [6.45, 7) is 2.06. The molecule has 102 valence electrons. The Labute approximate surface area is 121 Å².